The van der Waals surface area contributed by atoms with Gasteiger partial charge in [0.2, 0.25) is 10.3 Å². The molecule has 0 saturated carbocycles. The third-order valence-electron chi connectivity index (χ3n) is 2.84. The van der Waals surface area contributed by atoms with Gasteiger partial charge in [0.15, 0.2) is 0 Å². The second-order valence-corrected chi connectivity index (χ2v) is 4.95. The molecule has 0 aromatic carbocycles. The summed E-state index contributed by atoms with van der Waals surface area (Å²) in [5.41, 5.74) is 5.59. The van der Waals surface area contributed by atoms with E-state index in [2.05, 4.69) is 28.9 Å². The molecule has 2 rings (SSSR count). The van der Waals surface area contributed by atoms with Crippen molar-refractivity contribution in [1.82, 2.24) is 10.2 Å². The molecule has 0 radical (unpaired) electrons. The van der Waals surface area contributed by atoms with Crippen LogP contribution in [0.2, 0.25) is 0 Å². The van der Waals surface area contributed by atoms with Crippen LogP contribution in [0.4, 0.5) is 10.3 Å². The van der Waals surface area contributed by atoms with Crippen LogP contribution in [0.1, 0.15) is 33.1 Å². The lowest BCUT2D eigenvalue weighted by Crippen LogP contribution is -2.43. The van der Waals surface area contributed by atoms with Gasteiger partial charge in [0, 0.05) is 12.1 Å². The topological polar surface area (TPSA) is 55.0 Å². The van der Waals surface area contributed by atoms with E-state index in [0.29, 0.717) is 17.2 Å². The zero-order chi connectivity index (χ0) is 10.1. The summed E-state index contributed by atoms with van der Waals surface area (Å²) in [7, 11) is 0. The summed E-state index contributed by atoms with van der Waals surface area (Å²) in [5.74, 6) is 0. The van der Waals surface area contributed by atoms with E-state index in [1.807, 2.05) is 0 Å². The number of nitrogen functional groups attached to an aromatic ring is 1. The molecule has 1 saturated heterocycles. The van der Waals surface area contributed by atoms with Gasteiger partial charge in [-0.1, -0.05) is 11.3 Å². The third-order valence-corrected chi connectivity index (χ3v) is 3.61. The third kappa shape index (κ3) is 1.68. The Morgan fingerprint density at radius 3 is 2.43 bits per heavy atom. The van der Waals surface area contributed by atoms with Gasteiger partial charge in [-0.2, -0.15) is 0 Å². The zero-order valence-electron chi connectivity index (χ0n) is 8.60. The number of rotatable bonds is 1. The molecule has 0 amide bonds. The molecule has 1 aromatic heterocycles. The number of hydrogen-bond donors (Lipinski definition) is 1. The number of nitrogens with two attached hydrogens (primary N) is 1. The van der Waals surface area contributed by atoms with Crippen LogP contribution < -0.4 is 10.6 Å². The van der Waals surface area contributed by atoms with Crippen LogP contribution >= 0.6 is 11.3 Å². The Hall–Kier alpha value is -0.840. The summed E-state index contributed by atoms with van der Waals surface area (Å²) >= 11 is 1.48. The standard InChI is InChI=1S/C9H16N4S/c1-6-4-3-5-7(2)13(6)9-12-11-8(10)14-9/h6-7H,3-5H2,1-2H3,(H2,10,11)/t6-,7+. The predicted molar refractivity (Wildman–Crippen MR) is 59.6 cm³/mol. The highest BCUT2D eigenvalue weighted by Crippen LogP contribution is 2.31. The lowest BCUT2D eigenvalue weighted by molar-refractivity contribution is 0.413. The van der Waals surface area contributed by atoms with Gasteiger partial charge in [0.05, 0.1) is 0 Å². The number of piperidine rings is 1. The van der Waals surface area contributed by atoms with Crippen LogP contribution in [0, 0.1) is 0 Å². The first-order valence-electron chi connectivity index (χ1n) is 5.06. The highest BCUT2D eigenvalue weighted by Gasteiger charge is 2.27. The molecular weight excluding hydrogens is 196 g/mol. The SMILES string of the molecule is C[C@@H]1CCC[C@H](C)N1c1nnc(N)s1. The molecule has 1 fully saturated rings. The van der Waals surface area contributed by atoms with Gasteiger partial charge in [-0.05, 0) is 33.1 Å². The Morgan fingerprint density at radius 2 is 1.93 bits per heavy atom. The Labute approximate surface area is 88.1 Å². The first-order valence-corrected chi connectivity index (χ1v) is 5.87. The summed E-state index contributed by atoms with van der Waals surface area (Å²) in [6.45, 7) is 4.49. The van der Waals surface area contributed by atoms with E-state index in [1.54, 1.807) is 0 Å². The average Bonchev–Trinajstić information content (AvgIpc) is 2.51. The van der Waals surface area contributed by atoms with E-state index < -0.39 is 0 Å². The molecule has 0 aliphatic carbocycles. The predicted octanol–water partition coefficient (Wildman–Crippen LogP) is 1.89. The molecule has 1 aliphatic heterocycles. The summed E-state index contributed by atoms with van der Waals surface area (Å²) in [5, 5.41) is 9.51. The van der Waals surface area contributed by atoms with E-state index in [-0.39, 0.29) is 0 Å². The molecule has 0 spiro atoms. The average molecular weight is 212 g/mol. The normalized spacial score (nSPS) is 28.0. The second kappa shape index (κ2) is 3.73. The second-order valence-electron chi connectivity index (χ2n) is 3.96. The highest BCUT2D eigenvalue weighted by molar-refractivity contribution is 7.18. The zero-order valence-corrected chi connectivity index (χ0v) is 9.42. The molecule has 2 N–H and O–H groups in total. The van der Waals surface area contributed by atoms with Crippen LogP contribution in [-0.2, 0) is 0 Å². The van der Waals surface area contributed by atoms with Crippen LogP contribution in [0.3, 0.4) is 0 Å². The quantitative estimate of drug-likeness (QED) is 0.772. The van der Waals surface area contributed by atoms with Gasteiger partial charge in [-0.15, -0.1) is 10.2 Å². The maximum Gasteiger partial charge on any atom is 0.210 e. The van der Waals surface area contributed by atoms with Crippen molar-refractivity contribution < 1.29 is 0 Å². The molecular formula is C9H16N4S. The smallest absolute Gasteiger partial charge is 0.210 e. The first kappa shape index (κ1) is 9.71. The molecule has 4 nitrogen and oxygen atoms in total. The van der Waals surface area contributed by atoms with E-state index in [4.69, 9.17) is 5.73 Å². The van der Waals surface area contributed by atoms with Gasteiger partial charge in [0.1, 0.15) is 0 Å². The highest BCUT2D eigenvalue weighted by atomic mass is 32.1. The Morgan fingerprint density at radius 1 is 1.29 bits per heavy atom. The molecule has 0 unspecified atom stereocenters. The summed E-state index contributed by atoms with van der Waals surface area (Å²) in [4.78, 5) is 2.34. The minimum atomic E-state index is 0.560. The molecule has 14 heavy (non-hydrogen) atoms. The summed E-state index contributed by atoms with van der Waals surface area (Å²) in [6, 6.07) is 1.12. The van der Waals surface area contributed by atoms with E-state index in [0.717, 1.165) is 5.13 Å². The Kier molecular flexibility index (Phi) is 2.58. The van der Waals surface area contributed by atoms with Crippen molar-refractivity contribution in [3.05, 3.63) is 0 Å². The molecule has 1 aromatic rings. The minimum absolute atomic E-state index is 0.560. The lowest BCUT2D eigenvalue weighted by Gasteiger charge is -2.38. The van der Waals surface area contributed by atoms with Crippen molar-refractivity contribution in [3.63, 3.8) is 0 Å². The number of aromatic nitrogens is 2. The number of anilines is 2. The lowest BCUT2D eigenvalue weighted by atomic mass is 9.98. The van der Waals surface area contributed by atoms with Crippen molar-refractivity contribution in [1.29, 1.82) is 0 Å². The maximum absolute atomic E-state index is 5.59. The summed E-state index contributed by atoms with van der Waals surface area (Å²) < 4.78 is 0. The van der Waals surface area contributed by atoms with Crippen molar-refractivity contribution in [2.24, 2.45) is 0 Å². The van der Waals surface area contributed by atoms with Crippen LogP contribution in [0.15, 0.2) is 0 Å². The molecule has 78 valence electrons. The molecule has 2 heterocycles. The van der Waals surface area contributed by atoms with Crippen LogP contribution in [-0.4, -0.2) is 22.3 Å². The van der Waals surface area contributed by atoms with Gasteiger partial charge in [0.25, 0.3) is 0 Å². The fourth-order valence-corrected chi connectivity index (χ4v) is 2.94. The largest absolute Gasteiger partial charge is 0.374 e. The van der Waals surface area contributed by atoms with Crippen LogP contribution in [0.25, 0.3) is 0 Å². The molecule has 0 bridgehead atoms. The van der Waals surface area contributed by atoms with Crippen molar-refractivity contribution >= 4 is 21.6 Å². The van der Waals surface area contributed by atoms with Crippen LogP contribution in [0.5, 0.6) is 0 Å². The van der Waals surface area contributed by atoms with E-state index >= 15 is 0 Å². The number of nitrogens with zero attached hydrogens (tertiary/aromatic N) is 3. The van der Waals surface area contributed by atoms with Gasteiger partial charge in [-0.3, -0.25) is 0 Å². The minimum Gasteiger partial charge on any atom is -0.374 e. The maximum atomic E-state index is 5.59. The van der Waals surface area contributed by atoms with Crippen molar-refractivity contribution in [2.45, 2.75) is 45.2 Å². The van der Waals surface area contributed by atoms with Crippen molar-refractivity contribution in [3.8, 4) is 0 Å². The fraction of sp³-hybridized carbons (Fsp3) is 0.778. The van der Waals surface area contributed by atoms with Gasteiger partial charge < -0.3 is 10.6 Å². The Bertz CT molecular complexity index is 302. The summed E-state index contributed by atoms with van der Waals surface area (Å²) in [6.07, 6.45) is 3.79. The van der Waals surface area contributed by atoms with E-state index in [1.165, 1.54) is 30.6 Å². The molecule has 1 aliphatic rings. The number of hydrogen-bond acceptors (Lipinski definition) is 5. The first-order chi connectivity index (χ1) is 6.68. The fourth-order valence-electron chi connectivity index (χ4n) is 2.13. The van der Waals surface area contributed by atoms with Gasteiger partial charge >= 0.3 is 0 Å². The Balaban J connectivity index is 2.22. The van der Waals surface area contributed by atoms with Crippen molar-refractivity contribution in [2.75, 3.05) is 10.6 Å². The van der Waals surface area contributed by atoms with E-state index in [9.17, 15) is 0 Å². The monoisotopic (exact) mass is 212 g/mol. The molecule has 2 atom stereocenters. The van der Waals surface area contributed by atoms with Gasteiger partial charge in [-0.25, -0.2) is 0 Å². The molecule has 5 heteroatoms.